The van der Waals surface area contributed by atoms with Gasteiger partial charge in [-0.2, -0.15) is 0 Å². The minimum Gasteiger partial charge on any atom is -0.348 e. The predicted molar refractivity (Wildman–Crippen MR) is 80.8 cm³/mol. The number of halogens is 1. The Hall–Kier alpha value is -2.41. The van der Waals surface area contributed by atoms with Crippen molar-refractivity contribution in [2.24, 2.45) is 5.92 Å². The van der Waals surface area contributed by atoms with E-state index >= 15 is 0 Å². The molecule has 0 saturated carbocycles. The van der Waals surface area contributed by atoms with Gasteiger partial charge in [-0.25, -0.2) is 4.98 Å². The van der Waals surface area contributed by atoms with Crippen molar-refractivity contribution in [2.75, 3.05) is 5.32 Å². The van der Waals surface area contributed by atoms with Gasteiger partial charge in [-0.15, -0.1) is 0 Å². The molecule has 1 aliphatic carbocycles. The Morgan fingerprint density at radius 3 is 3.09 bits per heavy atom. The van der Waals surface area contributed by atoms with Gasteiger partial charge in [-0.05, 0) is 25.0 Å². The molecule has 1 aromatic carbocycles. The SMILES string of the molecule is O=C(Nc1ccc(Cl)c([N+](=O)[O-])c1)C1CCc2nc[nH]c2C1. The van der Waals surface area contributed by atoms with Crippen LogP contribution in [0.1, 0.15) is 17.8 Å². The van der Waals surface area contributed by atoms with E-state index in [4.69, 9.17) is 11.6 Å². The monoisotopic (exact) mass is 320 g/mol. The molecule has 1 heterocycles. The van der Waals surface area contributed by atoms with Gasteiger partial charge in [-0.3, -0.25) is 14.9 Å². The zero-order valence-electron chi connectivity index (χ0n) is 11.5. The number of hydrogen-bond donors (Lipinski definition) is 2. The summed E-state index contributed by atoms with van der Waals surface area (Å²) < 4.78 is 0. The number of nitro groups is 1. The molecule has 22 heavy (non-hydrogen) atoms. The first kappa shape index (κ1) is 14.5. The molecule has 8 heteroatoms. The zero-order valence-corrected chi connectivity index (χ0v) is 12.3. The van der Waals surface area contributed by atoms with Crippen LogP contribution in [0.3, 0.4) is 0 Å². The van der Waals surface area contributed by atoms with E-state index in [0.29, 0.717) is 18.5 Å². The van der Waals surface area contributed by atoms with E-state index in [1.165, 1.54) is 12.1 Å². The Bertz CT molecular complexity index is 743. The molecule has 1 unspecified atom stereocenters. The van der Waals surface area contributed by atoms with Crippen molar-refractivity contribution in [3.8, 4) is 0 Å². The van der Waals surface area contributed by atoms with Crippen LogP contribution in [0.2, 0.25) is 5.02 Å². The van der Waals surface area contributed by atoms with Gasteiger partial charge < -0.3 is 10.3 Å². The van der Waals surface area contributed by atoms with Crippen molar-refractivity contribution in [1.82, 2.24) is 9.97 Å². The minimum absolute atomic E-state index is 0.0442. The Morgan fingerprint density at radius 2 is 2.32 bits per heavy atom. The van der Waals surface area contributed by atoms with Gasteiger partial charge in [0.25, 0.3) is 5.69 Å². The summed E-state index contributed by atoms with van der Waals surface area (Å²) >= 11 is 5.75. The fraction of sp³-hybridized carbons (Fsp3) is 0.286. The van der Waals surface area contributed by atoms with Crippen molar-refractivity contribution in [3.63, 3.8) is 0 Å². The number of anilines is 1. The number of carbonyl (C=O) groups excluding carboxylic acids is 1. The molecule has 0 saturated heterocycles. The molecular weight excluding hydrogens is 308 g/mol. The summed E-state index contributed by atoms with van der Waals surface area (Å²) in [6.07, 6.45) is 3.68. The number of H-pyrrole nitrogens is 1. The Kier molecular flexibility index (Phi) is 3.81. The lowest BCUT2D eigenvalue weighted by molar-refractivity contribution is -0.384. The quantitative estimate of drug-likeness (QED) is 0.670. The third-order valence-corrected chi connectivity index (χ3v) is 4.09. The Balaban J connectivity index is 1.72. The number of nitrogens with one attached hydrogen (secondary N) is 2. The maximum atomic E-state index is 12.3. The molecular formula is C14H13ClN4O3. The van der Waals surface area contributed by atoms with Crippen LogP contribution in [0.5, 0.6) is 0 Å². The van der Waals surface area contributed by atoms with Gasteiger partial charge >= 0.3 is 0 Å². The second kappa shape index (κ2) is 5.76. The smallest absolute Gasteiger partial charge is 0.289 e. The number of rotatable bonds is 3. The summed E-state index contributed by atoms with van der Waals surface area (Å²) in [4.78, 5) is 29.8. The number of carbonyl (C=O) groups is 1. The molecule has 2 aromatic rings. The van der Waals surface area contributed by atoms with Crippen LogP contribution in [-0.2, 0) is 17.6 Å². The van der Waals surface area contributed by atoms with Crippen LogP contribution in [0.25, 0.3) is 0 Å². The van der Waals surface area contributed by atoms with Crippen molar-refractivity contribution in [3.05, 3.63) is 51.1 Å². The number of imidazole rings is 1. The second-order valence-corrected chi connectivity index (χ2v) is 5.59. The predicted octanol–water partition coefficient (Wildman–Crippen LogP) is 2.71. The summed E-state index contributed by atoms with van der Waals surface area (Å²) in [6.45, 7) is 0. The lowest BCUT2D eigenvalue weighted by atomic mass is 9.89. The van der Waals surface area contributed by atoms with Crippen molar-refractivity contribution < 1.29 is 9.72 Å². The van der Waals surface area contributed by atoms with Gasteiger partial charge in [-0.1, -0.05) is 11.6 Å². The molecule has 3 rings (SSSR count). The van der Waals surface area contributed by atoms with Crippen LogP contribution in [0, 0.1) is 16.0 Å². The van der Waals surface area contributed by atoms with E-state index in [9.17, 15) is 14.9 Å². The topological polar surface area (TPSA) is 101 Å². The molecule has 0 fully saturated rings. The molecule has 2 N–H and O–H groups in total. The molecule has 0 radical (unpaired) electrons. The largest absolute Gasteiger partial charge is 0.348 e. The fourth-order valence-electron chi connectivity index (χ4n) is 2.60. The minimum atomic E-state index is -0.574. The number of amides is 1. The summed E-state index contributed by atoms with van der Waals surface area (Å²) in [5, 5.41) is 13.6. The highest BCUT2D eigenvalue weighted by atomic mass is 35.5. The molecule has 0 bridgehead atoms. The number of fused-ring (bicyclic) bond motifs is 1. The second-order valence-electron chi connectivity index (χ2n) is 5.18. The van der Waals surface area contributed by atoms with Gasteiger partial charge in [0, 0.05) is 29.8 Å². The van der Waals surface area contributed by atoms with E-state index < -0.39 is 4.92 Å². The number of hydrogen-bond acceptors (Lipinski definition) is 4. The first-order chi connectivity index (χ1) is 10.5. The third-order valence-electron chi connectivity index (χ3n) is 3.77. The van der Waals surface area contributed by atoms with E-state index in [2.05, 4.69) is 15.3 Å². The lowest BCUT2D eigenvalue weighted by Crippen LogP contribution is -2.28. The highest BCUT2D eigenvalue weighted by molar-refractivity contribution is 6.32. The van der Waals surface area contributed by atoms with Gasteiger partial charge in [0.15, 0.2) is 0 Å². The van der Waals surface area contributed by atoms with Crippen molar-refractivity contribution in [1.29, 1.82) is 0 Å². The molecule has 0 spiro atoms. The molecule has 1 atom stereocenters. The van der Waals surface area contributed by atoms with Crippen molar-refractivity contribution in [2.45, 2.75) is 19.3 Å². The maximum absolute atomic E-state index is 12.3. The number of nitrogens with zero attached hydrogens (tertiary/aromatic N) is 2. The highest BCUT2D eigenvalue weighted by Crippen LogP contribution is 2.29. The third kappa shape index (κ3) is 2.80. The summed E-state index contributed by atoms with van der Waals surface area (Å²) in [5.41, 5.74) is 2.13. The number of aromatic nitrogens is 2. The van der Waals surface area contributed by atoms with E-state index in [0.717, 1.165) is 17.8 Å². The van der Waals surface area contributed by atoms with Gasteiger partial charge in [0.05, 0.1) is 16.9 Å². The number of benzene rings is 1. The van der Waals surface area contributed by atoms with E-state index in [-0.39, 0.29) is 22.5 Å². The number of aromatic amines is 1. The van der Waals surface area contributed by atoms with Crippen LogP contribution in [-0.4, -0.2) is 20.8 Å². The number of nitro benzene ring substituents is 1. The Labute approximate surface area is 130 Å². The zero-order chi connectivity index (χ0) is 15.7. The van der Waals surface area contributed by atoms with E-state index in [1.54, 1.807) is 12.4 Å². The summed E-state index contributed by atoms with van der Waals surface area (Å²) in [5.74, 6) is -0.334. The molecule has 0 aliphatic heterocycles. The highest BCUT2D eigenvalue weighted by Gasteiger charge is 2.26. The molecule has 1 amide bonds. The number of aryl methyl sites for hydroxylation is 1. The van der Waals surface area contributed by atoms with Gasteiger partial charge in [0.2, 0.25) is 5.91 Å². The molecule has 1 aliphatic rings. The van der Waals surface area contributed by atoms with Crippen LogP contribution >= 0.6 is 11.6 Å². The lowest BCUT2D eigenvalue weighted by Gasteiger charge is -2.20. The fourth-order valence-corrected chi connectivity index (χ4v) is 2.79. The van der Waals surface area contributed by atoms with Crippen molar-refractivity contribution >= 4 is 28.9 Å². The van der Waals surface area contributed by atoms with E-state index in [1.807, 2.05) is 0 Å². The van der Waals surface area contributed by atoms with Crippen LogP contribution in [0.15, 0.2) is 24.5 Å². The maximum Gasteiger partial charge on any atom is 0.289 e. The summed E-state index contributed by atoms with van der Waals surface area (Å²) in [7, 11) is 0. The molecule has 7 nitrogen and oxygen atoms in total. The Morgan fingerprint density at radius 1 is 1.50 bits per heavy atom. The standard InChI is InChI=1S/C14H13ClN4O3/c15-10-3-2-9(6-13(10)19(21)22)18-14(20)8-1-4-11-12(5-8)17-7-16-11/h2-3,6-8H,1,4-5H2,(H,16,17)(H,18,20). The normalized spacial score (nSPS) is 16.9. The van der Waals surface area contributed by atoms with Crippen LogP contribution in [0.4, 0.5) is 11.4 Å². The average molecular weight is 321 g/mol. The van der Waals surface area contributed by atoms with Crippen LogP contribution < -0.4 is 5.32 Å². The average Bonchev–Trinajstić information content (AvgIpc) is 2.96. The van der Waals surface area contributed by atoms with Gasteiger partial charge in [0.1, 0.15) is 5.02 Å². The molecule has 1 aromatic heterocycles. The summed E-state index contributed by atoms with van der Waals surface area (Å²) in [6, 6.07) is 4.23. The first-order valence-corrected chi connectivity index (χ1v) is 7.18. The molecule has 114 valence electrons. The first-order valence-electron chi connectivity index (χ1n) is 6.80.